The summed E-state index contributed by atoms with van der Waals surface area (Å²) in [6.45, 7) is 14.9. The highest BCUT2D eigenvalue weighted by Gasteiger charge is 2.30. The number of fused-ring (bicyclic) bond motifs is 1. The molecule has 1 amide bonds. The molecule has 2 aromatic rings. The van der Waals surface area contributed by atoms with Gasteiger partial charge in [0.2, 0.25) is 0 Å². The standard InChI is InChI=1S/C24H36N2O4/c1-8-9-14-30-20-17-12-10-11-13-18(17)21(27)25(16-23(2,3)4)19(20)15-26(22(28)29)24(5,6)7/h10-13H,8-9,14-16H2,1-7H3,(H,28,29). The Morgan fingerprint density at radius 2 is 1.70 bits per heavy atom. The number of nitrogens with zero attached hydrogens (tertiary/aromatic N) is 2. The van der Waals surface area contributed by atoms with E-state index in [2.05, 4.69) is 27.7 Å². The van der Waals surface area contributed by atoms with Crippen LogP contribution in [0.25, 0.3) is 10.8 Å². The van der Waals surface area contributed by atoms with Crippen molar-refractivity contribution in [3.05, 3.63) is 40.3 Å². The molecule has 6 nitrogen and oxygen atoms in total. The van der Waals surface area contributed by atoms with Gasteiger partial charge in [-0.25, -0.2) is 4.79 Å². The number of unbranched alkanes of at least 4 members (excludes halogenated alkanes) is 1. The molecule has 1 N–H and O–H groups in total. The fourth-order valence-corrected chi connectivity index (χ4v) is 3.43. The summed E-state index contributed by atoms with van der Waals surface area (Å²) in [5.41, 5.74) is -0.294. The van der Waals surface area contributed by atoms with Gasteiger partial charge in [-0.3, -0.25) is 9.69 Å². The van der Waals surface area contributed by atoms with Gasteiger partial charge in [0.1, 0.15) is 5.75 Å². The molecule has 1 heterocycles. The molecular weight excluding hydrogens is 380 g/mol. The monoisotopic (exact) mass is 416 g/mol. The number of ether oxygens (including phenoxy) is 1. The first-order chi connectivity index (χ1) is 13.9. The Hall–Kier alpha value is -2.50. The average molecular weight is 417 g/mol. The van der Waals surface area contributed by atoms with Gasteiger partial charge in [0.15, 0.2) is 0 Å². The van der Waals surface area contributed by atoms with E-state index in [-0.39, 0.29) is 17.5 Å². The quantitative estimate of drug-likeness (QED) is 0.605. The lowest BCUT2D eigenvalue weighted by Crippen LogP contribution is -2.45. The van der Waals surface area contributed by atoms with Crippen molar-refractivity contribution >= 4 is 16.9 Å². The lowest BCUT2D eigenvalue weighted by molar-refractivity contribution is 0.0924. The third-order valence-electron chi connectivity index (χ3n) is 4.96. The number of rotatable bonds is 7. The fraction of sp³-hybridized carbons (Fsp3) is 0.583. The molecule has 1 aromatic carbocycles. The highest BCUT2D eigenvalue weighted by molar-refractivity contribution is 5.88. The Balaban J connectivity index is 2.82. The SMILES string of the molecule is CCCCOc1c(CN(C(=O)O)C(C)(C)C)n(CC(C)(C)C)c(=O)c2ccccc12. The molecule has 0 bridgehead atoms. The predicted molar refractivity (Wildman–Crippen MR) is 121 cm³/mol. The Bertz CT molecular complexity index is 949. The highest BCUT2D eigenvalue weighted by atomic mass is 16.5. The second-order valence-corrected chi connectivity index (χ2v) is 10.0. The number of aromatic nitrogens is 1. The zero-order valence-corrected chi connectivity index (χ0v) is 19.4. The van der Waals surface area contributed by atoms with Crippen molar-refractivity contribution in [3.63, 3.8) is 0 Å². The molecule has 30 heavy (non-hydrogen) atoms. The topological polar surface area (TPSA) is 71.8 Å². The third-order valence-corrected chi connectivity index (χ3v) is 4.96. The third kappa shape index (κ3) is 5.55. The number of carboxylic acid groups (broad SMARTS) is 1. The minimum atomic E-state index is -1.02. The lowest BCUT2D eigenvalue weighted by atomic mass is 9.96. The minimum absolute atomic E-state index is 0.0798. The van der Waals surface area contributed by atoms with Crippen molar-refractivity contribution in [2.75, 3.05) is 6.61 Å². The van der Waals surface area contributed by atoms with Crippen LogP contribution in [-0.2, 0) is 13.1 Å². The van der Waals surface area contributed by atoms with Gasteiger partial charge in [-0.2, -0.15) is 0 Å². The summed E-state index contributed by atoms with van der Waals surface area (Å²) in [7, 11) is 0. The largest absolute Gasteiger partial charge is 0.491 e. The molecule has 0 unspecified atom stereocenters. The first-order valence-electron chi connectivity index (χ1n) is 10.6. The van der Waals surface area contributed by atoms with Crippen LogP contribution in [0.15, 0.2) is 29.1 Å². The van der Waals surface area contributed by atoms with Crippen LogP contribution < -0.4 is 10.3 Å². The van der Waals surface area contributed by atoms with Crippen molar-refractivity contribution in [3.8, 4) is 5.75 Å². The molecule has 6 heteroatoms. The number of hydrogen-bond donors (Lipinski definition) is 1. The molecule has 2 rings (SSSR count). The molecule has 0 saturated heterocycles. The van der Waals surface area contributed by atoms with E-state index in [1.54, 1.807) is 4.57 Å². The van der Waals surface area contributed by atoms with Gasteiger partial charge in [0, 0.05) is 17.5 Å². The van der Waals surface area contributed by atoms with Gasteiger partial charge >= 0.3 is 6.09 Å². The van der Waals surface area contributed by atoms with Gasteiger partial charge < -0.3 is 14.4 Å². The van der Waals surface area contributed by atoms with E-state index < -0.39 is 11.6 Å². The number of pyridine rings is 1. The molecule has 166 valence electrons. The van der Waals surface area contributed by atoms with Gasteiger partial charge in [-0.05, 0) is 38.7 Å². The predicted octanol–water partition coefficient (Wildman–Crippen LogP) is 5.51. The summed E-state index contributed by atoms with van der Waals surface area (Å²) in [6.07, 6.45) is 0.844. The second-order valence-electron chi connectivity index (χ2n) is 10.0. The van der Waals surface area contributed by atoms with Crippen LogP contribution in [0.1, 0.15) is 67.0 Å². The maximum absolute atomic E-state index is 13.5. The Morgan fingerprint density at radius 1 is 1.10 bits per heavy atom. The first-order valence-corrected chi connectivity index (χ1v) is 10.6. The van der Waals surface area contributed by atoms with Crippen molar-refractivity contribution in [1.29, 1.82) is 0 Å². The van der Waals surface area contributed by atoms with Crippen LogP contribution in [0, 0.1) is 5.41 Å². The van der Waals surface area contributed by atoms with E-state index >= 15 is 0 Å². The van der Waals surface area contributed by atoms with Crippen molar-refractivity contribution in [1.82, 2.24) is 9.47 Å². The van der Waals surface area contributed by atoms with Gasteiger partial charge in [-0.15, -0.1) is 0 Å². The zero-order valence-electron chi connectivity index (χ0n) is 19.4. The lowest BCUT2D eigenvalue weighted by Gasteiger charge is -2.35. The molecule has 0 fully saturated rings. The van der Waals surface area contributed by atoms with Crippen molar-refractivity contribution in [2.24, 2.45) is 5.41 Å². The van der Waals surface area contributed by atoms with Crippen LogP contribution in [0.4, 0.5) is 4.79 Å². The number of carbonyl (C=O) groups is 1. The molecule has 1 aromatic heterocycles. The maximum atomic E-state index is 13.5. The average Bonchev–Trinajstić information content (AvgIpc) is 2.62. The molecule has 0 spiro atoms. The summed E-state index contributed by atoms with van der Waals surface area (Å²) in [4.78, 5) is 26.9. The Labute approximate surface area is 179 Å². The number of hydrogen-bond acceptors (Lipinski definition) is 3. The normalized spacial score (nSPS) is 12.2. The Kier molecular flexibility index (Phi) is 7.22. The first kappa shape index (κ1) is 23.8. The maximum Gasteiger partial charge on any atom is 0.408 e. The number of amides is 1. The Morgan fingerprint density at radius 3 is 2.20 bits per heavy atom. The van der Waals surface area contributed by atoms with E-state index in [0.29, 0.717) is 30.0 Å². The van der Waals surface area contributed by atoms with E-state index in [0.717, 1.165) is 18.2 Å². The smallest absolute Gasteiger partial charge is 0.408 e. The van der Waals surface area contributed by atoms with Crippen LogP contribution in [0.5, 0.6) is 5.75 Å². The molecule has 0 aliphatic rings. The molecule has 0 atom stereocenters. The molecular formula is C24H36N2O4. The molecule has 0 saturated carbocycles. The second kappa shape index (κ2) is 9.11. The number of benzene rings is 1. The van der Waals surface area contributed by atoms with Crippen LogP contribution >= 0.6 is 0 Å². The summed E-state index contributed by atoms with van der Waals surface area (Å²) >= 11 is 0. The summed E-state index contributed by atoms with van der Waals surface area (Å²) < 4.78 is 7.93. The van der Waals surface area contributed by atoms with Crippen molar-refractivity contribution in [2.45, 2.75) is 79.9 Å². The van der Waals surface area contributed by atoms with E-state index in [4.69, 9.17) is 4.74 Å². The summed E-state index contributed by atoms with van der Waals surface area (Å²) in [6, 6.07) is 7.42. The van der Waals surface area contributed by atoms with Gasteiger partial charge in [0.25, 0.3) is 5.56 Å². The summed E-state index contributed by atoms with van der Waals surface area (Å²) in [5.74, 6) is 0.610. The van der Waals surface area contributed by atoms with E-state index in [1.165, 1.54) is 4.90 Å². The van der Waals surface area contributed by atoms with E-state index in [9.17, 15) is 14.7 Å². The highest BCUT2D eigenvalue weighted by Crippen LogP contribution is 2.32. The van der Waals surface area contributed by atoms with Gasteiger partial charge in [-0.1, -0.05) is 52.3 Å². The zero-order chi connectivity index (χ0) is 22.7. The molecule has 0 aliphatic carbocycles. The summed E-state index contributed by atoms with van der Waals surface area (Å²) in [5, 5.41) is 11.2. The van der Waals surface area contributed by atoms with E-state index in [1.807, 2.05) is 45.0 Å². The van der Waals surface area contributed by atoms with Crippen LogP contribution in [0.3, 0.4) is 0 Å². The molecule has 0 radical (unpaired) electrons. The van der Waals surface area contributed by atoms with Crippen LogP contribution in [0.2, 0.25) is 0 Å². The van der Waals surface area contributed by atoms with Gasteiger partial charge in [0.05, 0.1) is 24.2 Å². The van der Waals surface area contributed by atoms with Crippen LogP contribution in [-0.4, -0.2) is 32.8 Å². The molecule has 0 aliphatic heterocycles. The minimum Gasteiger partial charge on any atom is -0.491 e. The fourth-order valence-electron chi connectivity index (χ4n) is 3.43. The van der Waals surface area contributed by atoms with Crippen molar-refractivity contribution < 1.29 is 14.6 Å².